The number of benzene rings is 2. The monoisotopic (exact) mass is 283 g/mol. The molecule has 0 aromatic heterocycles. The van der Waals surface area contributed by atoms with Gasteiger partial charge in [-0.15, -0.1) is 0 Å². The third-order valence-corrected chi connectivity index (χ3v) is 4.04. The van der Waals surface area contributed by atoms with E-state index in [9.17, 15) is 0 Å². The first-order chi connectivity index (χ1) is 10.2. The first kappa shape index (κ1) is 15.6. The maximum absolute atomic E-state index is 5.19. The third kappa shape index (κ3) is 4.91. The summed E-state index contributed by atoms with van der Waals surface area (Å²) in [6.07, 6.45) is 2.26. The number of hydrogen-bond acceptors (Lipinski definition) is 2. The average molecular weight is 283 g/mol. The Labute approximate surface area is 128 Å². The van der Waals surface area contributed by atoms with Gasteiger partial charge in [0.1, 0.15) is 5.75 Å². The Morgan fingerprint density at radius 3 is 2.24 bits per heavy atom. The second kappa shape index (κ2) is 7.84. The summed E-state index contributed by atoms with van der Waals surface area (Å²) in [5, 5.41) is 0. The topological polar surface area (TPSA) is 12.5 Å². The first-order valence-electron chi connectivity index (χ1n) is 7.56. The van der Waals surface area contributed by atoms with E-state index in [0.29, 0.717) is 6.04 Å². The van der Waals surface area contributed by atoms with Crippen molar-refractivity contribution >= 4 is 0 Å². The van der Waals surface area contributed by atoms with E-state index in [-0.39, 0.29) is 0 Å². The predicted molar refractivity (Wildman–Crippen MR) is 88.7 cm³/mol. The first-order valence-corrected chi connectivity index (χ1v) is 7.56. The Hall–Kier alpha value is -1.80. The molecule has 0 bridgehead atoms. The molecular formula is C19H25NO. The van der Waals surface area contributed by atoms with Crippen LogP contribution in [0.1, 0.15) is 24.5 Å². The van der Waals surface area contributed by atoms with Gasteiger partial charge in [-0.2, -0.15) is 0 Å². The summed E-state index contributed by atoms with van der Waals surface area (Å²) in [5.41, 5.74) is 2.74. The minimum Gasteiger partial charge on any atom is -0.497 e. The lowest BCUT2D eigenvalue weighted by atomic mass is 10.0. The fraction of sp³-hybridized carbons (Fsp3) is 0.368. The molecule has 0 spiro atoms. The standard InChI is InChI=1S/C19H25NO/c1-16(20(2)15-18-7-5-4-6-8-18)9-10-17-11-13-19(21-3)14-12-17/h4-8,11-14,16H,9-10,15H2,1-3H3/t16-/m1/s1. The Balaban J connectivity index is 1.81. The molecule has 0 aliphatic rings. The van der Waals surface area contributed by atoms with Gasteiger partial charge in [-0.1, -0.05) is 42.5 Å². The van der Waals surface area contributed by atoms with Crippen molar-refractivity contribution in [2.45, 2.75) is 32.4 Å². The molecule has 2 heteroatoms. The lowest BCUT2D eigenvalue weighted by molar-refractivity contribution is 0.238. The Morgan fingerprint density at radius 1 is 0.952 bits per heavy atom. The minimum absolute atomic E-state index is 0.562. The molecule has 0 fully saturated rings. The van der Waals surface area contributed by atoms with Crippen LogP contribution in [-0.4, -0.2) is 25.1 Å². The fourth-order valence-electron chi connectivity index (χ4n) is 2.42. The number of methoxy groups -OCH3 is 1. The number of ether oxygens (including phenoxy) is 1. The Kier molecular flexibility index (Phi) is 5.82. The molecule has 0 unspecified atom stereocenters. The van der Waals surface area contributed by atoms with Crippen LogP contribution in [-0.2, 0) is 13.0 Å². The third-order valence-electron chi connectivity index (χ3n) is 4.04. The highest BCUT2D eigenvalue weighted by Crippen LogP contribution is 2.15. The molecule has 2 aromatic rings. The quantitative estimate of drug-likeness (QED) is 0.757. The molecule has 2 aromatic carbocycles. The van der Waals surface area contributed by atoms with Crippen LogP contribution in [0.15, 0.2) is 54.6 Å². The fourth-order valence-corrected chi connectivity index (χ4v) is 2.42. The summed E-state index contributed by atoms with van der Waals surface area (Å²) in [7, 11) is 3.90. The van der Waals surface area contributed by atoms with Gasteiger partial charge in [-0.05, 0) is 50.1 Å². The van der Waals surface area contributed by atoms with Gasteiger partial charge in [0.05, 0.1) is 7.11 Å². The molecule has 2 nitrogen and oxygen atoms in total. The van der Waals surface area contributed by atoms with E-state index in [2.05, 4.69) is 61.3 Å². The van der Waals surface area contributed by atoms with Gasteiger partial charge in [-0.25, -0.2) is 0 Å². The molecule has 112 valence electrons. The highest BCUT2D eigenvalue weighted by atomic mass is 16.5. The number of hydrogen-bond donors (Lipinski definition) is 0. The van der Waals surface area contributed by atoms with Crippen LogP contribution in [0.4, 0.5) is 0 Å². The highest BCUT2D eigenvalue weighted by molar-refractivity contribution is 5.27. The van der Waals surface area contributed by atoms with Crippen LogP contribution in [0.3, 0.4) is 0 Å². The van der Waals surface area contributed by atoms with Crippen LogP contribution in [0.25, 0.3) is 0 Å². The van der Waals surface area contributed by atoms with Crippen LogP contribution < -0.4 is 4.74 Å². The highest BCUT2D eigenvalue weighted by Gasteiger charge is 2.09. The summed E-state index contributed by atoms with van der Waals surface area (Å²) < 4.78 is 5.19. The van der Waals surface area contributed by atoms with Gasteiger partial charge in [0.25, 0.3) is 0 Å². The second-order valence-electron chi connectivity index (χ2n) is 5.64. The normalized spacial score (nSPS) is 12.4. The van der Waals surface area contributed by atoms with Gasteiger partial charge < -0.3 is 4.74 Å². The molecule has 0 aliphatic carbocycles. The van der Waals surface area contributed by atoms with Crippen LogP contribution in [0.5, 0.6) is 5.75 Å². The maximum atomic E-state index is 5.19. The zero-order valence-electron chi connectivity index (χ0n) is 13.3. The molecule has 0 N–H and O–H groups in total. The molecule has 0 saturated heterocycles. The lowest BCUT2D eigenvalue weighted by Crippen LogP contribution is -2.28. The van der Waals surface area contributed by atoms with Crippen LogP contribution in [0, 0.1) is 0 Å². The summed E-state index contributed by atoms with van der Waals surface area (Å²) in [6, 6.07) is 19.6. The Bertz CT molecular complexity index is 521. The van der Waals surface area contributed by atoms with Crippen molar-refractivity contribution in [1.82, 2.24) is 4.90 Å². The van der Waals surface area contributed by atoms with Gasteiger partial charge in [0.2, 0.25) is 0 Å². The summed E-state index contributed by atoms with van der Waals surface area (Å²) in [4.78, 5) is 2.42. The molecular weight excluding hydrogens is 258 g/mol. The molecule has 0 saturated carbocycles. The van der Waals surface area contributed by atoms with E-state index in [0.717, 1.165) is 25.1 Å². The number of nitrogens with zero attached hydrogens (tertiary/aromatic N) is 1. The van der Waals surface area contributed by atoms with Crippen molar-refractivity contribution in [3.05, 3.63) is 65.7 Å². The predicted octanol–water partition coefficient (Wildman–Crippen LogP) is 4.15. The van der Waals surface area contributed by atoms with E-state index in [1.807, 2.05) is 12.1 Å². The maximum Gasteiger partial charge on any atom is 0.118 e. The van der Waals surface area contributed by atoms with Gasteiger partial charge in [0.15, 0.2) is 0 Å². The summed E-state index contributed by atoms with van der Waals surface area (Å²) >= 11 is 0. The Morgan fingerprint density at radius 2 is 1.62 bits per heavy atom. The molecule has 0 amide bonds. The SMILES string of the molecule is COc1ccc(CC[C@@H](C)N(C)Cc2ccccc2)cc1. The molecule has 0 radical (unpaired) electrons. The van der Waals surface area contributed by atoms with E-state index in [1.54, 1.807) is 7.11 Å². The van der Waals surface area contributed by atoms with E-state index >= 15 is 0 Å². The van der Waals surface area contributed by atoms with Crippen molar-refractivity contribution in [3.8, 4) is 5.75 Å². The van der Waals surface area contributed by atoms with Crippen molar-refractivity contribution in [2.75, 3.05) is 14.2 Å². The van der Waals surface area contributed by atoms with E-state index in [4.69, 9.17) is 4.74 Å². The molecule has 2 rings (SSSR count). The van der Waals surface area contributed by atoms with Crippen molar-refractivity contribution < 1.29 is 4.74 Å². The van der Waals surface area contributed by atoms with E-state index in [1.165, 1.54) is 11.1 Å². The van der Waals surface area contributed by atoms with Gasteiger partial charge in [0, 0.05) is 12.6 Å². The smallest absolute Gasteiger partial charge is 0.118 e. The van der Waals surface area contributed by atoms with Gasteiger partial charge >= 0.3 is 0 Å². The average Bonchev–Trinajstić information content (AvgIpc) is 2.54. The lowest BCUT2D eigenvalue weighted by Gasteiger charge is -2.24. The number of aryl methyl sites for hydroxylation is 1. The van der Waals surface area contributed by atoms with Crippen molar-refractivity contribution in [2.24, 2.45) is 0 Å². The minimum atomic E-state index is 0.562. The van der Waals surface area contributed by atoms with Gasteiger partial charge in [-0.3, -0.25) is 4.90 Å². The second-order valence-corrected chi connectivity index (χ2v) is 5.64. The number of rotatable bonds is 7. The largest absolute Gasteiger partial charge is 0.497 e. The van der Waals surface area contributed by atoms with Crippen LogP contribution >= 0.6 is 0 Å². The van der Waals surface area contributed by atoms with Crippen molar-refractivity contribution in [1.29, 1.82) is 0 Å². The van der Waals surface area contributed by atoms with E-state index < -0.39 is 0 Å². The molecule has 1 atom stereocenters. The zero-order valence-corrected chi connectivity index (χ0v) is 13.3. The van der Waals surface area contributed by atoms with Crippen molar-refractivity contribution in [3.63, 3.8) is 0 Å². The zero-order chi connectivity index (χ0) is 15.1. The molecule has 0 heterocycles. The van der Waals surface area contributed by atoms with Crippen LogP contribution in [0.2, 0.25) is 0 Å². The summed E-state index contributed by atoms with van der Waals surface area (Å²) in [5.74, 6) is 0.924. The molecule has 0 aliphatic heterocycles. The molecule has 21 heavy (non-hydrogen) atoms. The summed E-state index contributed by atoms with van der Waals surface area (Å²) in [6.45, 7) is 3.30.